The second-order valence-electron chi connectivity index (χ2n) is 6.02. The number of carbonyl (C=O) groups is 2. The van der Waals surface area contributed by atoms with Gasteiger partial charge in [0.25, 0.3) is 0 Å². The number of rotatable bonds is 4. The van der Waals surface area contributed by atoms with Gasteiger partial charge in [-0.15, -0.1) is 0 Å². The molecule has 4 nitrogen and oxygen atoms in total. The molecule has 108 valence electrons. The predicted molar refractivity (Wildman–Crippen MR) is 76.9 cm³/mol. The Labute approximate surface area is 112 Å². The van der Waals surface area contributed by atoms with Crippen LogP contribution in [0.25, 0.3) is 0 Å². The number of carbonyl (C=O) groups excluding carboxylic acids is 2. The minimum atomic E-state index is -0.306. The molecule has 0 radical (unpaired) electrons. The molecule has 18 heavy (non-hydrogen) atoms. The Balaban J connectivity index is 0. The molecular formula is C14H30N2O2. The van der Waals surface area contributed by atoms with E-state index in [0.29, 0.717) is 0 Å². The lowest BCUT2D eigenvalue weighted by Gasteiger charge is -2.29. The van der Waals surface area contributed by atoms with Gasteiger partial charge in [0, 0.05) is 0 Å². The van der Waals surface area contributed by atoms with Crippen molar-refractivity contribution in [3.05, 3.63) is 0 Å². The summed E-state index contributed by atoms with van der Waals surface area (Å²) in [6, 6.07) is 0. The topological polar surface area (TPSA) is 40.6 Å². The molecule has 0 fully saturated rings. The lowest BCUT2D eigenvalue weighted by atomic mass is 9.99. The smallest absolute Gasteiger partial charge is 0.149 e. The predicted octanol–water partition coefficient (Wildman–Crippen LogP) is 1.83. The number of nitrogens with zero attached hydrogens (tertiary/aromatic N) is 2. The zero-order valence-electron chi connectivity index (χ0n) is 13.7. The average Bonchev–Trinajstić information content (AvgIpc) is 2.17. The maximum atomic E-state index is 10.9. The van der Waals surface area contributed by atoms with E-state index < -0.39 is 0 Å². The Morgan fingerprint density at radius 3 is 0.833 bits per heavy atom. The second kappa shape index (κ2) is 7.00. The quantitative estimate of drug-likeness (QED) is 0.771. The second-order valence-corrected chi connectivity index (χ2v) is 6.02. The van der Waals surface area contributed by atoms with E-state index in [9.17, 15) is 9.59 Å². The number of hydrogen-bond donors (Lipinski definition) is 0. The summed E-state index contributed by atoms with van der Waals surface area (Å²) >= 11 is 0. The molecule has 0 N–H and O–H groups in total. The summed E-state index contributed by atoms with van der Waals surface area (Å²) in [6.07, 6.45) is 0. The molecule has 0 aromatic rings. The molecule has 0 aromatic carbocycles. The van der Waals surface area contributed by atoms with Crippen LogP contribution in [0.3, 0.4) is 0 Å². The molecule has 0 saturated carbocycles. The van der Waals surface area contributed by atoms with Crippen LogP contribution in [0, 0.1) is 0 Å². The largest absolute Gasteiger partial charge is 0.298 e. The fourth-order valence-electron chi connectivity index (χ4n) is 0.630. The summed E-state index contributed by atoms with van der Waals surface area (Å²) in [5.74, 6) is 0.403. The summed E-state index contributed by atoms with van der Waals surface area (Å²) in [5.41, 5.74) is -0.611. The van der Waals surface area contributed by atoms with Crippen LogP contribution in [-0.4, -0.2) is 60.6 Å². The van der Waals surface area contributed by atoms with Gasteiger partial charge in [0.2, 0.25) is 0 Å². The van der Waals surface area contributed by atoms with E-state index in [2.05, 4.69) is 0 Å². The molecule has 0 aromatic heterocycles. The fourth-order valence-corrected chi connectivity index (χ4v) is 0.630. The first-order chi connectivity index (χ1) is 7.77. The number of ketones is 2. The number of likely N-dealkylation sites (N-methyl/N-ethyl adjacent to an activating group) is 2. The third-order valence-corrected chi connectivity index (χ3v) is 3.96. The molecule has 0 spiro atoms. The molecule has 0 rings (SSSR count). The van der Waals surface area contributed by atoms with Gasteiger partial charge in [-0.1, -0.05) is 0 Å². The van der Waals surface area contributed by atoms with Gasteiger partial charge in [0.1, 0.15) is 11.6 Å². The molecule has 0 atom stereocenters. The Bertz CT molecular complexity index is 262. The zero-order valence-corrected chi connectivity index (χ0v) is 13.7. The summed E-state index contributed by atoms with van der Waals surface area (Å²) in [4.78, 5) is 25.6. The van der Waals surface area contributed by atoms with Crippen molar-refractivity contribution in [3.63, 3.8) is 0 Å². The third kappa shape index (κ3) is 5.74. The molecule has 0 aliphatic rings. The van der Waals surface area contributed by atoms with Crippen LogP contribution in [0.5, 0.6) is 0 Å². The lowest BCUT2D eigenvalue weighted by molar-refractivity contribution is -0.126. The van der Waals surface area contributed by atoms with Crippen molar-refractivity contribution in [2.75, 3.05) is 28.2 Å². The van der Waals surface area contributed by atoms with Crippen molar-refractivity contribution in [1.82, 2.24) is 9.80 Å². The molecule has 0 aliphatic carbocycles. The minimum Gasteiger partial charge on any atom is -0.298 e. The Morgan fingerprint density at radius 1 is 0.667 bits per heavy atom. The SMILES string of the molecule is CC(=O)C(C)(C)N(C)C.CC(=O)C(C)(C)N(C)C. The molecule has 0 unspecified atom stereocenters. The normalized spacial score (nSPS) is 12.2. The molecule has 0 heterocycles. The standard InChI is InChI=1S/2C7H15NO/c2*1-6(9)7(2,3)8(4)5/h2*1-5H3. The van der Waals surface area contributed by atoms with Crippen molar-refractivity contribution in [3.8, 4) is 0 Å². The van der Waals surface area contributed by atoms with Crippen LogP contribution in [0.2, 0.25) is 0 Å². The molecule has 0 aliphatic heterocycles. The van der Waals surface area contributed by atoms with Crippen LogP contribution >= 0.6 is 0 Å². The monoisotopic (exact) mass is 258 g/mol. The van der Waals surface area contributed by atoms with Crippen LogP contribution in [0.15, 0.2) is 0 Å². The minimum absolute atomic E-state index is 0.201. The highest BCUT2D eigenvalue weighted by Gasteiger charge is 2.25. The van der Waals surface area contributed by atoms with Crippen molar-refractivity contribution in [2.45, 2.75) is 52.6 Å². The average molecular weight is 258 g/mol. The Kier molecular flexibility index (Phi) is 7.62. The van der Waals surface area contributed by atoms with Gasteiger partial charge >= 0.3 is 0 Å². The maximum Gasteiger partial charge on any atom is 0.149 e. The van der Waals surface area contributed by atoms with Crippen molar-refractivity contribution >= 4 is 11.6 Å². The fraction of sp³-hybridized carbons (Fsp3) is 0.857. The highest BCUT2D eigenvalue weighted by Crippen LogP contribution is 2.10. The van der Waals surface area contributed by atoms with Crippen LogP contribution in [-0.2, 0) is 9.59 Å². The van der Waals surface area contributed by atoms with E-state index in [1.54, 1.807) is 13.8 Å². The molecule has 0 saturated heterocycles. The molecule has 4 heteroatoms. The third-order valence-electron chi connectivity index (χ3n) is 3.96. The molecular weight excluding hydrogens is 228 g/mol. The summed E-state index contributed by atoms with van der Waals surface area (Å²) in [6.45, 7) is 10.9. The van der Waals surface area contributed by atoms with Crippen LogP contribution in [0.4, 0.5) is 0 Å². The van der Waals surface area contributed by atoms with E-state index in [4.69, 9.17) is 0 Å². The summed E-state index contributed by atoms with van der Waals surface area (Å²) in [7, 11) is 7.62. The van der Waals surface area contributed by atoms with E-state index in [0.717, 1.165) is 0 Å². The van der Waals surface area contributed by atoms with Crippen molar-refractivity contribution < 1.29 is 9.59 Å². The van der Waals surface area contributed by atoms with Gasteiger partial charge < -0.3 is 0 Å². The van der Waals surface area contributed by atoms with Gasteiger partial charge in [-0.2, -0.15) is 0 Å². The molecule has 0 bridgehead atoms. The van der Waals surface area contributed by atoms with Gasteiger partial charge in [-0.05, 0) is 69.7 Å². The highest BCUT2D eigenvalue weighted by atomic mass is 16.1. The summed E-state index contributed by atoms with van der Waals surface area (Å²) < 4.78 is 0. The van der Waals surface area contributed by atoms with Crippen molar-refractivity contribution in [2.24, 2.45) is 0 Å². The van der Waals surface area contributed by atoms with Crippen LogP contribution in [0.1, 0.15) is 41.5 Å². The van der Waals surface area contributed by atoms with Gasteiger partial charge in [-0.3, -0.25) is 19.4 Å². The maximum absolute atomic E-state index is 10.9. The highest BCUT2D eigenvalue weighted by molar-refractivity contribution is 5.85. The first-order valence-electron chi connectivity index (χ1n) is 6.14. The van der Waals surface area contributed by atoms with E-state index >= 15 is 0 Å². The first kappa shape index (κ1) is 19.6. The van der Waals surface area contributed by atoms with Gasteiger partial charge in [-0.25, -0.2) is 0 Å². The van der Waals surface area contributed by atoms with Crippen molar-refractivity contribution in [1.29, 1.82) is 0 Å². The van der Waals surface area contributed by atoms with Gasteiger partial charge in [0.15, 0.2) is 0 Å². The lowest BCUT2D eigenvalue weighted by Crippen LogP contribution is -2.44. The van der Waals surface area contributed by atoms with Gasteiger partial charge in [0.05, 0.1) is 11.1 Å². The number of hydrogen-bond acceptors (Lipinski definition) is 4. The zero-order chi connectivity index (χ0) is 15.3. The number of Topliss-reactive ketones (excluding diaryl/α,β-unsaturated/α-hetero) is 2. The Morgan fingerprint density at radius 2 is 0.833 bits per heavy atom. The van der Waals surface area contributed by atoms with Crippen LogP contribution < -0.4 is 0 Å². The first-order valence-corrected chi connectivity index (χ1v) is 6.14. The summed E-state index contributed by atoms with van der Waals surface area (Å²) in [5, 5.41) is 0. The van der Waals surface area contributed by atoms with E-state index in [1.807, 2.05) is 65.7 Å². The van der Waals surface area contributed by atoms with E-state index in [-0.39, 0.29) is 22.6 Å². The Hall–Kier alpha value is -0.740. The molecule has 0 amide bonds. The van der Waals surface area contributed by atoms with E-state index in [1.165, 1.54) is 0 Å².